The van der Waals surface area contributed by atoms with Crippen molar-refractivity contribution in [3.8, 4) is 0 Å². The van der Waals surface area contributed by atoms with Gasteiger partial charge in [0, 0.05) is 25.6 Å². The molecule has 14 heavy (non-hydrogen) atoms. The van der Waals surface area contributed by atoms with Crippen LogP contribution in [0.4, 0.5) is 4.79 Å². The SMILES string of the molecule is O=C(Cl)C1C2CNCC2CN1C(=O)O. The highest BCUT2D eigenvalue weighted by molar-refractivity contribution is 6.64. The number of hydrogen-bond donors (Lipinski definition) is 2. The number of halogens is 1. The Morgan fingerprint density at radius 3 is 2.71 bits per heavy atom. The highest BCUT2D eigenvalue weighted by Gasteiger charge is 2.49. The normalized spacial score (nSPS) is 35.8. The third kappa shape index (κ3) is 1.36. The third-order valence-electron chi connectivity index (χ3n) is 3.04. The van der Waals surface area contributed by atoms with Crippen molar-refractivity contribution in [2.45, 2.75) is 6.04 Å². The Balaban J connectivity index is 2.21. The summed E-state index contributed by atoms with van der Waals surface area (Å²) in [5.41, 5.74) is 0. The lowest BCUT2D eigenvalue weighted by Gasteiger charge is -2.21. The molecule has 2 saturated heterocycles. The summed E-state index contributed by atoms with van der Waals surface area (Å²) in [6.45, 7) is 1.86. The standard InChI is InChI=1S/C8H11ClN2O3/c9-7(12)6-5-2-10-1-4(5)3-11(6)8(13)14/h4-6,10H,1-3H2,(H,13,14). The number of rotatable bonds is 1. The van der Waals surface area contributed by atoms with Gasteiger partial charge in [-0.15, -0.1) is 0 Å². The second-order valence-corrected chi connectivity index (χ2v) is 4.14. The molecule has 0 aliphatic carbocycles. The molecule has 3 atom stereocenters. The zero-order chi connectivity index (χ0) is 10.3. The van der Waals surface area contributed by atoms with Crippen molar-refractivity contribution in [1.82, 2.24) is 10.2 Å². The van der Waals surface area contributed by atoms with Crippen LogP contribution in [0.1, 0.15) is 0 Å². The van der Waals surface area contributed by atoms with Gasteiger partial charge in [-0.1, -0.05) is 0 Å². The van der Waals surface area contributed by atoms with E-state index in [4.69, 9.17) is 16.7 Å². The first-order valence-corrected chi connectivity index (χ1v) is 4.88. The van der Waals surface area contributed by atoms with Gasteiger partial charge in [-0.3, -0.25) is 9.69 Å². The highest BCUT2D eigenvalue weighted by Crippen LogP contribution is 2.33. The summed E-state index contributed by atoms with van der Waals surface area (Å²) in [6, 6.07) is -0.658. The number of nitrogens with zero attached hydrogens (tertiary/aromatic N) is 1. The fourth-order valence-corrected chi connectivity index (χ4v) is 2.69. The smallest absolute Gasteiger partial charge is 0.407 e. The van der Waals surface area contributed by atoms with Gasteiger partial charge in [0.1, 0.15) is 6.04 Å². The minimum atomic E-state index is -1.06. The van der Waals surface area contributed by atoms with Gasteiger partial charge >= 0.3 is 6.09 Å². The van der Waals surface area contributed by atoms with Gasteiger partial charge in [0.15, 0.2) is 0 Å². The predicted octanol–water partition coefficient (Wildman–Crippen LogP) is -0.0504. The Hall–Kier alpha value is -0.810. The molecule has 0 saturated carbocycles. The van der Waals surface area contributed by atoms with Crippen LogP contribution in [0.15, 0.2) is 0 Å². The maximum absolute atomic E-state index is 11.1. The predicted molar refractivity (Wildman–Crippen MR) is 49.2 cm³/mol. The van der Waals surface area contributed by atoms with Crippen LogP contribution in [-0.2, 0) is 4.79 Å². The molecular formula is C8H11ClN2O3. The van der Waals surface area contributed by atoms with E-state index in [0.717, 1.165) is 11.4 Å². The van der Waals surface area contributed by atoms with E-state index in [0.29, 0.717) is 13.1 Å². The fraction of sp³-hybridized carbons (Fsp3) is 0.750. The number of carboxylic acid groups (broad SMARTS) is 1. The molecule has 0 aromatic heterocycles. The first-order chi connectivity index (χ1) is 6.61. The van der Waals surface area contributed by atoms with Crippen LogP contribution in [0.2, 0.25) is 0 Å². The van der Waals surface area contributed by atoms with Crippen LogP contribution in [0.25, 0.3) is 0 Å². The molecule has 2 fully saturated rings. The molecule has 1 amide bonds. The van der Waals surface area contributed by atoms with Crippen molar-refractivity contribution >= 4 is 22.9 Å². The van der Waals surface area contributed by atoms with Crippen LogP contribution in [0.3, 0.4) is 0 Å². The van der Waals surface area contributed by atoms with Gasteiger partial charge in [-0.05, 0) is 17.5 Å². The van der Waals surface area contributed by atoms with E-state index < -0.39 is 17.4 Å². The maximum Gasteiger partial charge on any atom is 0.407 e. The number of hydrogen-bond acceptors (Lipinski definition) is 3. The number of fused-ring (bicyclic) bond motifs is 1. The Labute approximate surface area is 86.0 Å². The molecule has 0 bridgehead atoms. The van der Waals surface area contributed by atoms with Gasteiger partial charge in [0.2, 0.25) is 5.24 Å². The topological polar surface area (TPSA) is 69.6 Å². The lowest BCUT2D eigenvalue weighted by molar-refractivity contribution is -0.116. The van der Waals surface area contributed by atoms with Gasteiger partial charge in [-0.25, -0.2) is 4.79 Å². The first kappa shape index (κ1) is 9.73. The number of carbonyl (C=O) groups excluding carboxylic acids is 1. The summed E-state index contributed by atoms with van der Waals surface area (Å²) in [4.78, 5) is 23.1. The lowest BCUT2D eigenvalue weighted by Crippen LogP contribution is -2.42. The molecular weight excluding hydrogens is 208 g/mol. The van der Waals surface area contributed by atoms with Crippen LogP contribution >= 0.6 is 11.6 Å². The number of amides is 1. The molecule has 5 nitrogen and oxygen atoms in total. The number of likely N-dealkylation sites (tertiary alicyclic amines) is 1. The van der Waals surface area contributed by atoms with Crippen LogP contribution < -0.4 is 5.32 Å². The molecule has 2 N–H and O–H groups in total. The van der Waals surface area contributed by atoms with Crippen LogP contribution in [0, 0.1) is 11.8 Å². The molecule has 0 aromatic rings. The molecule has 2 heterocycles. The molecule has 2 aliphatic rings. The molecule has 78 valence electrons. The minimum Gasteiger partial charge on any atom is -0.465 e. The zero-order valence-corrected chi connectivity index (χ0v) is 8.20. The molecule has 2 aliphatic heterocycles. The van der Waals surface area contributed by atoms with Crippen molar-refractivity contribution < 1.29 is 14.7 Å². The quantitative estimate of drug-likeness (QED) is 0.606. The van der Waals surface area contributed by atoms with Crippen molar-refractivity contribution in [2.75, 3.05) is 19.6 Å². The third-order valence-corrected chi connectivity index (χ3v) is 3.27. The summed E-state index contributed by atoms with van der Waals surface area (Å²) in [5, 5.41) is 11.5. The molecule has 3 unspecified atom stereocenters. The van der Waals surface area contributed by atoms with Crippen molar-refractivity contribution in [3.05, 3.63) is 0 Å². The Bertz CT molecular complexity index is 284. The maximum atomic E-state index is 11.1. The Kier molecular flexibility index (Phi) is 2.36. The van der Waals surface area contributed by atoms with E-state index in [9.17, 15) is 9.59 Å². The van der Waals surface area contributed by atoms with Crippen LogP contribution in [0.5, 0.6) is 0 Å². The minimum absolute atomic E-state index is 0.0519. The lowest BCUT2D eigenvalue weighted by atomic mass is 9.95. The van der Waals surface area contributed by atoms with Gasteiger partial charge < -0.3 is 10.4 Å². The van der Waals surface area contributed by atoms with Crippen molar-refractivity contribution in [2.24, 2.45) is 11.8 Å². The van der Waals surface area contributed by atoms with E-state index in [1.165, 1.54) is 0 Å². The average molecular weight is 219 g/mol. The number of nitrogens with one attached hydrogen (secondary N) is 1. The summed E-state index contributed by atoms with van der Waals surface area (Å²) in [5.74, 6) is 0.287. The van der Waals surface area contributed by atoms with Crippen molar-refractivity contribution in [3.63, 3.8) is 0 Å². The second kappa shape index (κ2) is 3.40. The molecule has 2 rings (SSSR count). The van der Waals surface area contributed by atoms with E-state index >= 15 is 0 Å². The summed E-state index contributed by atoms with van der Waals surface area (Å²) in [7, 11) is 0. The monoisotopic (exact) mass is 218 g/mol. The van der Waals surface area contributed by atoms with Gasteiger partial charge in [0.25, 0.3) is 0 Å². The van der Waals surface area contributed by atoms with E-state index in [2.05, 4.69) is 5.32 Å². The summed E-state index contributed by atoms with van der Waals surface area (Å²) < 4.78 is 0. The van der Waals surface area contributed by atoms with Crippen molar-refractivity contribution in [1.29, 1.82) is 0 Å². The molecule has 0 radical (unpaired) electrons. The van der Waals surface area contributed by atoms with E-state index in [1.54, 1.807) is 0 Å². The zero-order valence-electron chi connectivity index (χ0n) is 7.44. The first-order valence-electron chi connectivity index (χ1n) is 4.51. The molecule has 6 heteroatoms. The van der Waals surface area contributed by atoms with Gasteiger partial charge in [0.05, 0.1) is 0 Å². The second-order valence-electron chi connectivity index (χ2n) is 3.77. The van der Waals surface area contributed by atoms with E-state index in [-0.39, 0.29) is 11.8 Å². The molecule has 0 aromatic carbocycles. The highest BCUT2D eigenvalue weighted by atomic mass is 35.5. The Morgan fingerprint density at radius 2 is 2.14 bits per heavy atom. The summed E-state index contributed by atoms with van der Waals surface area (Å²) >= 11 is 5.42. The average Bonchev–Trinajstić information content (AvgIpc) is 2.58. The molecule has 0 spiro atoms. The van der Waals surface area contributed by atoms with E-state index in [1.807, 2.05) is 0 Å². The van der Waals surface area contributed by atoms with Crippen LogP contribution in [-0.4, -0.2) is 47.0 Å². The Morgan fingerprint density at radius 1 is 1.43 bits per heavy atom. The summed E-state index contributed by atoms with van der Waals surface area (Å²) in [6.07, 6.45) is -1.06. The number of carbonyl (C=O) groups is 2. The fourth-order valence-electron chi connectivity index (χ4n) is 2.41. The van der Waals surface area contributed by atoms with Gasteiger partial charge in [-0.2, -0.15) is 0 Å². The largest absolute Gasteiger partial charge is 0.465 e.